The van der Waals surface area contributed by atoms with Gasteiger partial charge in [0.25, 0.3) is 0 Å². The number of hydrogen-bond donors (Lipinski definition) is 3. The van der Waals surface area contributed by atoms with Gasteiger partial charge in [0.05, 0.1) is 19.4 Å². The third-order valence-corrected chi connectivity index (χ3v) is 0.856. The molecule has 0 spiro atoms. The molecule has 0 radical (unpaired) electrons. The minimum absolute atomic E-state index is 0.117. The summed E-state index contributed by atoms with van der Waals surface area (Å²) in [6, 6.07) is -0.207. The summed E-state index contributed by atoms with van der Waals surface area (Å²) in [5.41, 5.74) is 5.01. The summed E-state index contributed by atoms with van der Waals surface area (Å²) in [7, 11) is 0. The molecule has 60 valence electrons. The Hall–Kier alpha value is -0.810. The van der Waals surface area contributed by atoms with Crippen LogP contribution in [-0.4, -0.2) is 30.6 Å². The second-order valence-electron chi connectivity index (χ2n) is 1.89. The molecule has 0 aromatic rings. The normalized spacial score (nSPS) is 12.6. The van der Waals surface area contributed by atoms with Gasteiger partial charge < -0.3 is 20.9 Å². The maximum Gasteiger partial charge on any atom is 0.404 e. The number of carbonyl (C=O) groups is 1. The molecule has 0 aliphatic heterocycles. The van der Waals surface area contributed by atoms with Gasteiger partial charge in [0.2, 0.25) is 0 Å². The maximum absolute atomic E-state index is 9.97. The standard InChI is InChI=1S/C5H12N2O3/c1-4(2-10-3-6)7-5(8)9/h4,7H,2-3,6H2,1H3,(H,8,9). The first-order valence-corrected chi connectivity index (χ1v) is 2.94. The molecule has 0 aromatic heterocycles. The maximum atomic E-state index is 9.97. The Labute approximate surface area is 59.2 Å². The van der Waals surface area contributed by atoms with Crippen molar-refractivity contribution in [1.29, 1.82) is 0 Å². The van der Waals surface area contributed by atoms with E-state index >= 15 is 0 Å². The van der Waals surface area contributed by atoms with Crippen molar-refractivity contribution in [2.24, 2.45) is 5.73 Å². The van der Waals surface area contributed by atoms with Gasteiger partial charge in [-0.05, 0) is 6.92 Å². The zero-order chi connectivity index (χ0) is 7.98. The Kier molecular flexibility index (Phi) is 4.61. The van der Waals surface area contributed by atoms with E-state index in [9.17, 15) is 4.79 Å². The molecule has 10 heavy (non-hydrogen) atoms. The highest BCUT2D eigenvalue weighted by Crippen LogP contribution is 1.81. The first kappa shape index (κ1) is 9.19. The van der Waals surface area contributed by atoms with Gasteiger partial charge in [-0.3, -0.25) is 0 Å². The zero-order valence-electron chi connectivity index (χ0n) is 5.83. The zero-order valence-corrected chi connectivity index (χ0v) is 5.83. The van der Waals surface area contributed by atoms with Crippen LogP contribution in [0.25, 0.3) is 0 Å². The average molecular weight is 148 g/mol. The van der Waals surface area contributed by atoms with E-state index in [-0.39, 0.29) is 12.8 Å². The largest absolute Gasteiger partial charge is 0.465 e. The van der Waals surface area contributed by atoms with Crippen molar-refractivity contribution in [3.05, 3.63) is 0 Å². The number of rotatable bonds is 4. The molecule has 1 unspecified atom stereocenters. The molecular formula is C5H12N2O3. The Morgan fingerprint density at radius 2 is 2.50 bits per heavy atom. The highest BCUT2D eigenvalue weighted by molar-refractivity contribution is 5.64. The van der Waals surface area contributed by atoms with Gasteiger partial charge in [0.1, 0.15) is 0 Å². The molecule has 5 nitrogen and oxygen atoms in total. The fourth-order valence-corrected chi connectivity index (χ4v) is 0.497. The van der Waals surface area contributed by atoms with Gasteiger partial charge in [0, 0.05) is 0 Å². The Balaban J connectivity index is 3.25. The van der Waals surface area contributed by atoms with E-state index in [0.717, 1.165) is 0 Å². The van der Waals surface area contributed by atoms with Crippen LogP contribution in [0.1, 0.15) is 6.92 Å². The highest BCUT2D eigenvalue weighted by atomic mass is 16.5. The first-order chi connectivity index (χ1) is 4.66. The summed E-state index contributed by atoms with van der Waals surface area (Å²) in [4.78, 5) is 9.97. The second-order valence-corrected chi connectivity index (χ2v) is 1.89. The number of hydrogen-bond acceptors (Lipinski definition) is 3. The monoisotopic (exact) mass is 148 g/mol. The molecule has 0 saturated carbocycles. The minimum Gasteiger partial charge on any atom is -0.465 e. The quantitative estimate of drug-likeness (QED) is 0.472. The number of amides is 1. The van der Waals surface area contributed by atoms with E-state index < -0.39 is 6.09 Å². The van der Waals surface area contributed by atoms with Crippen LogP contribution < -0.4 is 11.1 Å². The van der Waals surface area contributed by atoms with E-state index in [0.29, 0.717) is 6.61 Å². The van der Waals surface area contributed by atoms with Gasteiger partial charge in [-0.15, -0.1) is 0 Å². The molecule has 0 heterocycles. The Bertz CT molecular complexity index is 107. The van der Waals surface area contributed by atoms with Gasteiger partial charge in [0.15, 0.2) is 0 Å². The predicted octanol–water partition coefficient (Wildman–Crippen LogP) is -0.425. The SMILES string of the molecule is CC(COCN)NC(=O)O. The van der Waals surface area contributed by atoms with E-state index in [4.69, 9.17) is 15.6 Å². The molecule has 0 aromatic carbocycles. The molecule has 4 N–H and O–H groups in total. The summed E-state index contributed by atoms with van der Waals surface area (Å²) < 4.78 is 4.75. The topological polar surface area (TPSA) is 84.6 Å². The third kappa shape index (κ3) is 5.33. The van der Waals surface area contributed by atoms with E-state index in [1.165, 1.54) is 0 Å². The summed E-state index contributed by atoms with van der Waals surface area (Å²) >= 11 is 0. The number of nitrogens with one attached hydrogen (secondary N) is 1. The Morgan fingerprint density at radius 3 is 2.90 bits per heavy atom. The predicted molar refractivity (Wildman–Crippen MR) is 35.6 cm³/mol. The van der Waals surface area contributed by atoms with Crippen LogP contribution in [0.15, 0.2) is 0 Å². The number of ether oxygens (including phenoxy) is 1. The third-order valence-electron chi connectivity index (χ3n) is 0.856. The van der Waals surface area contributed by atoms with Crippen molar-refractivity contribution in [3.8, 4) is 0 Å². The van der Waals surface area contributed by atoms with Crippen molar-refractivity contribution in [3.63, 3.8) is 0 Å². The summed E-state index contributed by atoms with van der Waals surface area (Å²) in [6.07, 6.45) is -1.05. The summed E-state index contributed by atoms with van der Waals surface area (Å²) in [6.45, 7) is 2.12. The molecule has 1 amide bonds. The van der Waals surface area contributed by atoms with Gasteiger partial charge in [-0.2, -0.15) is 0 Å². The van der Waals surface area contributed by atoms with Crippen molar-refractivity contribution in [1.82, 2.24) is 5.32 Å². The van der Waals surface area contributed by atoms with E-state index in [2.05, 4.69) is 5.32 Å². The minimum atomic E-state index is -1.05. The van der Waals surface area contributed by atoms with Gasteiger partial charge >= 0.3 is 6.09 Å². The Morgan fingerprint density at radius 1 is 1.90 bits per heavy atom. The lowest BCUT2D eigenvalue weighted by Crippen LogP contribution is -2.35. The molecule has 5 heteroatoms. The van der Waals surface area contributed by atoms with Crippen LogP contribution in [0.4, 0.5) is 4.79 Å². The molecule has 0 bridgehead atoms. The van der Waals surface area contributed by atoms with E-state index in [1.54, 1.807) is 6.92 Å². The average Bonchev–Trinajstić information content (AvgIpc) is 1.82. The van der Waals surface area contributed by atoms with E-state index in [1.807, 2.05) is 0 Å². The molecule has 0 aliphatic rings. The number of carboxylic acid groups (broad SMARTS) is 1. The smallest absolute Gasteiger partial charge is 0.404 e. The summed E-state index contributed by atoms with van der Waals surface area (Å²) in [5, 5.41) is 10.4. The summed E-state index contributed by atoms with van der Waals surface area (Å²) in [5.74, 6) is 0. The van der Waals surface area contributed by atoms with Crippen LogP contribution >= 0.6 is 0 Å². The highest BCUT2D eigenvalue weighted by Gasteiger charge is 2.03. The van der Waals surface area contributed by atoms with Crippen molar-refractivity contribution in [2.75, 3.05) is 13.3 Å². The van der Waals surface area contributed by atoms with Gasteiger partial charge in [-0.1, -0.05) is 0 Å². The van der Waals surface area contributed by atoms with Crippen molar-refractivity contribution >= 4 is 6.09 Å². The van der Waals surface area contributed by atoms with Gasteiger partial charge in [-0.25, -0.2) is 4.79 Å². The fraction of sp³-hybridized carbons (Fsp3) is 0.800. The van der Waals surface area contributed by atoms with Crippen LogP contribution in [0.5, 0.6) is 0 Å². The first-order valence-electron chi connectivity index (χ1n) is 2.94. The lowest BCUT2D eigenvalue weighted by molar-refractivity contribution is 0.117. The molecular weight excluding hydrogens is 136 g/mol. The molecule has 0 aliphatic carbocycles. The van der Waals surface area contributed by atoms with Crippen LogP contribution in [-0.2, 0) is 4.74 Å². The lowest BCUT2D eigenvalue weighted by atomic mass is 10.4. The number of nitrogens with two attached hydrogens (primary N) is 1. The van der Waals surface area contributed by atoms with Crippen LogP contribution in [0, 0.1) is 0 Å². The van der Waals surface area contributed by atoms with Crippen molar-refractivity contribution in [2.45, 2.75) is 13.0 Å². The lowest BCUT2D eigenvalue weighted by Gasteiger charge is -2.09. The molecule has 0 rings (SSSR count). The molecule has 1 atom stereocenters. The van der Waals surface area contributed by atoms with Crippen LogP contribution in [0.3, 0.4) is 0 Å². The fourth-order valence-electron chi connectivity index (χ4n) is 0.497. The molecule has 0 saturated heterocycles. The second kappa shape index (κ2) is 5.01. The van der Waals surface area contributed by atoms with Crippen molar-refractivity contribution < 1.29 is 14.6 Å². The van der Waals surface area contributed by atoms with Crippen LogP contribution in [0.2, 0.25) is 0 Å². The molecule has 0 fully saturated rings.